The third-order valence-corrected chi connectivity index (χ3v) is 7.03. The van der Waals surface area contributed by atoms with E-state index >= 15 is 0 Å². The van der Waals surface area contributed by atoms with Gasteiger partial charge < -0.3 is 5.32 Å². The summed E-state index contributed by atoms with van der Waals surface area (Å²) in [6.07, 6.45) is 0. The minimum atomic E-state index is -4.05. The molecule has 1 aromatic heterocycles. The first-order chi connectivity index (χ1) is 16.6. The highest BCUT2D eigenvalue weighted by molar-refractivity contribution is 7.92. The fraction of sp³-hybridized carbons (Fsp3) is 0.120. The molecule has 0 spiro atoms. The fourth-order valence-electron chi connectivity index (χ4n) is 3.64. The number of amides is 1. The molecule has 4 aromatic rings. The number of carbonyl (C=O) groups is 1. The normalized spacial score (nSPS) is 11.3. The summed E-state index contributed by atoms with van der Waals surface area (Å²) in [6, 6.07) is 18.0. The molecule has 0 bridgehead atoms. The van der Waals surface area contributed by atoms with E-state index in [1.807, 2.05) is 6.07 Å². The van der Waals surface area contributed by atoms with Crippen molar-refractivity contribution >= 4 is 27.3 Å². The molecule has 0 radical (unpaired) electrons. The van der Waals surface area contributed by atoms with E-state index in [1.54, 1.807) is 49.8 Å². The molecule has 4 rings (SSSR count). The quantitative estimate of drug-likeness (QED) is 0.423. The van der Waals surface area contributed by atoms with Crippen LogP contribution in [-0.4, -0.2) is 23.7 Å². The summed E-state index contributed by atoms with van der Waals surface area (Å²) in [5.41, 5.74) is 1.66. The Labute approximate surface area is 201 Å². The number of carbonyl (C=O) groups excluding carboxylic acids is 1. The van der Waals surface area contributed by atoms with Crippen molar-refractivity contribution < 1.29 is 17.6 Å². The van der Waals surface area contributed by atoms with Crippen LogP contribution in [0.3, 0.4) is 0 Å². The predicted octanol–water partition coefficient (Wildman–Crippen LogP) is 3.99. The summed E-state index contributed by atoms with van der Waals surface area (Å²) in [7, 11) is -2.34. The van der Waals surface area contributed by atoms with Crippen LogP contribution in [0.2, 0.25) is 0 Å². The Kier molecular flexibility index (Phi) is 6.31. The molecule has 8 nitrogen and oxygen atoms in total. The van der Waals surface area contributed by atoms with Gasteiger partial charge in [0, 0.05) is 18.3 Å². The molecule has 10 heteroatoms. The maximum absolute atomic E-state index is 13.1. The number of hydrogen-bond donors (Lipinski definition) is 2. The zero-order valence-electron chi connectivity index (χ0n) is 19.2. The van der Waals surface area contributed by atoms with Crippen LogP contribution in [0, 0.1) is 19.7 Å². The highest BCUT2D eigenvalue weighted by Crippen LogP contribution is 2.21. The monoisotopic (exact) mass is 494 g/mol. The van der Waals surface area contributed by atoms with Gasteiger partial charge in [0.2, 0.25) is 0 Å². The molecule has 35 heavy (non-hydrogen) atoms. The van der Waals surface area contributed by atoms with E-state index in [0.717, 1.165) is 12.1 Å². The van der Waals surface area contributed by atoms with Gasteiger partial charge in [0.1, 0.15) is 11.5 Å². The maximum atomic E-state index is 13.1. The molecule has 1 heterocycles. The SMILES string of the molecule is Cc1ccc(S(=O)(=O)Nc2ccc(F)cc2)cc1C(=O)Nc1c(C)n(C)n(-c2ccccc2)c1=O. The molecule has 0 aliphatic rings. The summed E-state index contributed by atoms with van der Waals surface area (Å²) in [6.45, 7) is 3.37. The standard InChI is InChI=1S/C25H23FN4O4S/c1-16-9-14-21(35(33,34)28-19-12-10-18(26)11-13-19)15-22(16)24(31)27-23-17(2)29(3)30(25(23)32)20-7-5-4-6-8-20/h4-15,28H,1-3H3,(H,27,31). The van der Waals surface area contributed by atoms with Crippen LogP contribution in [0.5, 0.6) is 0 Å². The second-order valence-electron chi connectivity index (χ2n) is 7.98. The van der Waals surface area contributed by atoms with Gasteiger partial charge in [-0.15, -0.1) is 0 Å². The smallest absolute Gasteiger partial charge is 0.295 e. The highest BCUT2D eigenvalue weighted by Gasteiger charge is 2.22. The third-order valence-electron chi connectivity index (χ3n) is 5.65. The van der Waals surface area contributed by atoms with Gasteiger partial charge in [-0.1, -0.05) is 24.3 Å². The van der Waals surface area contributed by atoms with E-state index < -0.39 is 27.3 Å². The van der Waals surface area contributed by atoms with Crippen molar-refractivity contribution in [1.82, 2.24) is 9.36 Å². The lowest BCUT2D eigenvalue weighted by atomic mass is 10.1. The summed E-state index contributed by atoms with van der Waals surface area (Å²) in [4.78, 5) is 26.1. The third kappa shape index (κ3) is 4.73. The Hall–Kier alpha value is -4.18. The van der Waals surface area contributed by atoms with E-state index in [2.05, 4.69) is 10.0 Å². The molecular formula is C25H23FN4O4S. The summed E-state index contributed by atoms with van der Waals surface area (Å²) < 4.78 is 44.3. The summed E-state index contributed by atoms with van der Waals surface area (Å²) in [5, 5.41) is 2.65. The number of benzene rings is 3. The van der Waals surface area contributed by atoms with Crippen molar-refractivity contribution in [3.05, 3.63) is 106 Å². The van der Waals surface area contributed by atoms with Gasteiger partial charge in [-0.3, -0.25) is 19.0 Å². The Balaban J connectivity index is 1.66. The van der Waals surface area contributed by atoms with Gasteiger partial charge in [0.05, 0.1) is 16.3 Å². The summed E-state index contributed by atoms with van der Waals surface area (Å²) in [5.74, 6) is -1.11. The molecule has 0 atom stereocenters. The highest BCUT2D eigenvalue weighted by atomic mass is 32.2. The van der Waals surface area contributed by atoms with Crippen molar-refractivity contribution in [2.75, 3.05) is 10.0 Å². The molecule has 0 saturated carbocycles. The van der Waals surface area contributed by atoms with E-state index in [4.69, 9.17) is 0 Å². The molecular weight excluding hydrogens is 471 g/mol. The van der Waals surface area contributed by atoms with E-state index in [9.17, 15) is 22.4 Å². The lowest BCUT2D eigenvalue weighted by molar-refractivity contribution is 0.102. The number of aromatic nitrogens is 2. The fourth-order valence-corrected chi connectivity index (χ4v) is 4.72. The second kappa shape index (κ2) is 9.22. The lowest BCUT2D eigenvalue weighted by Crippen LogP contribution is -2.23. The van der Waals surface area contributed by atoms with Crippen molar-refractivity contribution in [3.63, 3.8) is 0 Å². The molecule has 1 amide bonds. The van der Waals surface area contributed by atoms with Crippen LogP contribution in [0.4, 0.5) is 15.8 Å². The Morgan fingerprint density at radius 2 is 1.60 bits per heavy atom. The number of halogens is 1. The molecule has 0 aliphatic heterocycles. The first-order valence-corrected chi connectivity index (χ1v) is 12.1. The minimum Gasteiger partial charge on any atom is -0.316 e. The average molecular weight is 495 g/mol. The predicted molar refractivity (Wildman–Crippen MR) is 132 cm³/mol. The van der Waals surface area contributed by atoms with Gasteiger partial charge in [-0.05, 0) is 67.9 Å². The minimum absolute atomic E-state index is 0.0958. The van der Waals surface area contributed by atoms with Crippen LogP contribution in [0.15, 0.2) is 82.5 Å². The van der Waals surface area contributed by atoms with Gasteiger partial charge >= 0.3 is 0 Å². The first-order valence-electron chi connectivity index (χ1n) is 10.6. The Bertz CT molecular complexity index is 1570. The summed E-state index contributed by atoms with van der Waals surface area (Å²) >= 11 is 0. The molecule has 2 N–H and O–H groups in total. The molecule has 0 saturated heterocycles. The molecule has 0 fully saturated rings. The van der Waals surface area contributed by atoms with E-state index in [1.165, 1.54) is 35.0 Å². The number of anilines is 2. The second-order valence-corrected chi connectivity index (χ2v) is 9.66. The number of rotatable bonds is 6. The van der Waals surface area contributed by atoms with Crippen molar-refractivity contribution in [1.29, 1.82) is 0 Å². The van der Waals surface area contributed by atoms with Crippen LogP contribution in [0.1, 0.15) is 21.6 Å². The molecule has 0 aliphatic carbocycles. The molecule has 180 valence electrons. The van der Waals surface area contributed by atoms with E-state index in [-0.39, 0.29) is 21.8 Å². The van der Waals surface area contributed by atoms with Crippen LogP contribution >= 0.6 is 0 Å². The van der Waals surface area contributed by atoms with Gasteiger partial charge in [0.25, 0.3) is 21.5 Å². The number of hydrogen-bond acceptors (Lipinski definition) is 4. The molecule has 3 aromatic carbocycles. The first kappa shape index (κ1) is 24.0. The number of sulfonamides is 1. The zero-order valence-corrected chi connectivity index (χ0v) is 20.1. The Morgan fingerprint density at radius 1 is 0.943 bits per heavy atom. The van der Waals surface area contributed by atoms with Crippen LogP contribution < -0.4 is 15.6 Å². The van der Waals surface area contributed by atoms with Crippen molar-refractivity contribution in [3.8, 4) is 5.69 Å². The maximum Gasteiger partial charge on any atom is 0.295 e. The van der Waals surface area contributed by atoms with Gasteiger partial charge in [-0.2, -0.15) is 0 Å². The topological polar surface area (TPSA) is 102 Å². The van der Waals surface area contributed by atoms with Crippen LogP contribution in [0.25, 0.3) is 5.69 Å². The number of nitrogens with one attached hydrogen (secondary N) is 2. The number of nitrogens with zero attached hydrogens (tertiary/aromatic N) is 2. The van der Waals surface area contributed by atoms with E-state index in [0.29, 0.717) is 16.9 Å². The number of para-hydroxylation sites is 1. The largest absolute Gasteiger partial charge is 0.316 e. The molecule has 0 unspecified atom stereocenters. The van der Waals surface area contributed by atoms with Crippen molar-refractivity contribution in [2.45, 2.75) is 18.7 Å². The Morgan fingerprint density at radius 3 is 2.26 bits per heavy atom. The van der Waals surface area contributed by atoms with Gasteiger partial charge in [-0.25, -0.2) is 17.5 Å². The number of aryl methyl sites for hydroxylation is 1. The van der Waals surface area contributed by atoms with Gasteiger partial charge in [0.15, 0.2) is 0 Å². The van der Waals surface area contributed by atoms with Crippen LogP contribution in [-0.2, 0) is 17.1 Å². The van der Waals surface area contributed by atoms with Crippen molar-refractivity contribution in [2.24, 2.45) is 7.05 Å². The lowest BCUT2D eigenvalue weighted by Gasteiger charge is -2.11. The average Bonchev–Trinajstić information content (AvgIpc) is 3.04. The zero-order chi connectivity index (χ0) is 25.3.